The fourth-order valence-electron chi connectivity index (χ4n) is 3.90. The van der Waals surface area contributed by atoms with Gasteiger partial charge in [0.05, 0.1) is 4.90 Å². The van der Waals surface area contributed by atoms with Crippen molar-refractivity contribution in [1.82, 2.24) is 14.6 Å². The molecule has 0 amide bonds. The fourth-order valence-corrected chi connectivity index (χ4v) is 5.20. The number of aromatic nitrogens is 1. The Bertz CT molecular complexity index is 1110. The first-order valence-corrected chi connectivity index (χ1v) is 11.1. The van der Waals surface area contributed by atoms with Crippen molar-refractivity contribution in [1.29, 1.82) is 0 Å². The Morgan fingerprint density at radius 2 is 1.97 bits per heavy atom. The van der Waals surface area contributed by atoms with Gasteiger partial charge in [0.25, 0.3) is 0 Å². The highest BCUT2D eigenvalue weighted by Crippen LogP contribution is 2.21. The van der Waals surface area contributed by atoms with Crippen LogP contribution in [0.1, 0.15) is 18.4 Å². The first kappa shape index (κ1) is 20.0. The third kappa shape index (κ3) is 4.66. The lowest BCUT2D eigenvalue weighted by Gasteiger charge is -2.16. The molecule has 1 fully saturated rings. The van der Waals surface area contributed by atoms with E-state index in [1.807, 2.05) is 6.20 Å². The number of rotatable bonds is 7. The standard InChI is InChI=1S/C21H23F2N3O2S/c22-16-4-1-5-19(11-16)29(27,28)25-18-8-10-26(14-18)9-2-3-15-13-24-21-7-6-17(23)12-20(15)21/h1,4-7,11-13,18,24-25H,2-3,8-10,14H2. The topological polar surface area (TPSA) is 65.2 Å². The van der Waals surface area contributed by atoms with Gasteiger partial charge in [0.1, 0.15) is 11.6 Å². The first-order chi connectivity index (χ1) is 13.9. The van der Waals surface area contributed by atoms with Gasteiger partial charge in [-0.3, -0.25) is 0 Å². The zero-order valence-corrected chi connectivity index (χ0v) is 16.7. The zero-order chi connectivity index (χ0) is 20.4. The number of benzene rings is 2. The van der Waals surface area contributed by atoms with Crippen LogP contribution in [0.4, 0.5) is 8.78 Å². The summed E-state index contributed by atoms with van der Waals surface area (Å²) in [5.74, 6) is -0.815. The third-order valence-corrected chi connectivity index (χ3v) is 6.87. The fraction of sp³-hybridized carbons (Fsp3) is 0.333. The van der Waals surface area contributed by atoms with Crippen molar-refractivity contribution in [2.75, 3.05) is 19.6 Å². The summed E-state index contributed by atoms with van der Waals surface area (Å²) < 4.78 is 54.4. The van der Waals surface area contributed by atoms with Crippen LogP contribution in [-0.4, -0.2) is 44.0 Å². The highest BCUT2D eigenvalue weighted by molar-refractivity contribution is 7.89. The molecule has 4 rings (SSSR count). The molecule has 0 bridgehead atoms. The first-order valence-electron chi connectivity index (χ1n) is 9.66. The Hall–Kier alpha value is -2.29. The molecule has 1 aromatic heterocycles. The molecular weight excluding hydrogens is 396 g/mol. The van der Waals surface area contributed by atoms with Crippen molar-refractivity contribution in [2.45, 2.75) is 30.2 Å². The molecular formula is C21H23F2N3O2S. The van der Waals surface area contributed by atoms with Gasteiger partial charge in [-0.25, -0.2) is 21.9 Å². The van der Waals surface area contributed by atoms with Crippen LogP contribution in [0.3, 0.4) is 0 Å². The van der Waals surface area contributed by atoms with Crippen LogP contribution in [0.2, 0.25) is 0 Å². The molecule has 2 heterocycles. The Morgan fingerprint density at radius 3 is 2.79 bits per heavy atom. The Balaban J connectivity index is 1.29. The number of H-pyrrole nitrogens is 1. The van der Waals surface area contributed by atoms with Crippen molar-refractivity contribution in [3.63, 3.8) is 0 Å². The van der Waals surface area contributed by atoms with Crippen LogP contribution >= 0.6 is 0 Å². The largest absolute Gasteiger partial charge is 0.361 e. The molecule has 1 saturated heterocycles. The normalized spacial score (nSPS) is 17.9. The number of fused-ring (bicyclic) bond motifs is 1. The van der Waals surface area contributed by atoms with Crippen molar-refractivity contribution < 1.29 is 17.2 Å². The second-order valence-electron chi connectivity index (χ2n) is 7.47. The van der Waals surface area contributed by atoms with E-state index in [2.05, 4.69) is 14.6 Å². The number of nitrogens with one attached hydrogen (secondary N) is 2. The minimum atomic E-state index is -3.73. The quantitative estimate of drug-likeness (QED) is 0.617. The highest BCUT2D eigenvalue weighted by atomic mass is 32.2. The summed E-state index contributed by atoms with van der Waals surface area (Å²) in [6, 6.07) is 9.57. The van der Waals surface area contributed by atoms with Crippen LogP contribution in [0.25, 0.3) is 10.9 Å². The number of nitrogens with zero attached hydrogens (tertiary/aromatic N) is 1. The van der Waals surface area contributed by atoms with E-state index in [1.54, 1.807) is 12.1 Å². The summed E-state index contributed by atoms with van der Waals surface area (Å²) in [4.78, 5) is 5.33. The maximum absolute atomic E-state index is 13.5. The summed E-state index contributed by atoms with van der Waals surface area (Å²) >= 11 is 0. The van der Waals surface area contributed by atoms with E-state index in [9.17, 15) is 17.2 Å². The van der Waals surface area contributed by atoms with Gasteiger partial charge in [-0.1, -0.05) is 6.07 Å². The maximum Gasteiger partial charge on any atom is 0.240 e. The van der Waals surface area contributed by atoms with Gasteiger partial charge in [-0.05, 0) is 74.3 Å². The predicted molar refractivity (Wildman–Crippen MR) is 108 cm³/mol. The minimum absolute atomic E-state index is 0.0532. The average molecular weight is 419 g/mol. The molecule has 1 aliphatic rings. The number of hydrogen-bond acceptors (Lipinski definition) is 3. The Kier molecular flexibility index (Phi) is 5.67. The van der Waals surface area contributed by atoms with E-state index < -0.39 is 15.8 Å². The van der Waals surface area contributed by atoms with Crippen LogP contribution in [0.5, 0.6) is 0 Å². The van der Waals surface area contributed by atoms with Gasteiger partial charge in [-0.2, -0.15) is 0 Å². The van der Waals surface area contributed by atoms with Crippen LogP contribution < -0.4 is 4.72 Å². The smallest absolute Gasteiger partial charge is 0.240 e. The molecule has 0 spiro atoms. The molecule has 2 aromatic carbocycles. The average Bonchev–Trinajstić information content (AvgIpc) is 3.28. The van der Waals surface area contributed by atoms with E-state index in [0.29, 0.717) is 13.0 Å². The molecule has 1 unspecified atom stereocenters. The summed E-state index contributed by atoms with van der Waals surface area (Å²) in [5.41, 5.74) is 2.01. The zero-order valence-electron chi connectivity index (χ0n) is 15.9. The monoisotopic (exact) mass is 419 g/mol. The minimum Gasteiger partial charge on any atom is -0.361 e. The Morgan fingerprint density at radius 1 is 1.14 bits per heavy atom. The van der Waals surface area contributed by atoms with Crippen molar-refractivity contribution in [3.8, 4) is 0 Å². The summed E-state index contributed by atoms with van der Waals surface area (Å²) in [5, 5.41) is 0.909. The summed E-state index contributed by atoms with van der Waals surface area (Å²) in [6.07, 6.45) is 4.35. The molecule has 1 aliphatic heterocycles. The third-order valence-electron chi connectivity index (χ3n) is 5.35. The van der Waals surface area contributed by atoms with Gasteiger partial charge in [0.2, 0.25) is 10.0 Å². The van der Waals surface area contributed by atoms with E-state index in [-0.39, 0.29) is 16.8 Å². The molecule has 154 valence electrons. The van der Waals surface area contributed by atoms with Gasteiger partial charge >= 0.3 is 0 Å². The molecule has 5 nitrogen and oxygen atoms in total. The molecule has 0 aliphatic carbocycles. The maximum atomic E-state index is 13.5. The van der Waals surface area contributed by atoms with E-state index in [0.717, 1.165) is 48.5 Å². The van der Waals surface area contributed by atoms with Crippen LogP contribution in [0.15, 0.2) is 53.6 Å². The second kappa shape index (κ2) is 8.22. The van der Waals surface area contributed by atoms with Crippen molar-refractivity contribution in [3.05, 3.63) is 65.9 Å². The molecule has 3 aromatic rings. The van der Waals surface area contributed by atoms with Gasteiger partial charge in [-0.15, -0.1) is 0 Å². The second-order valence-corrected chi connectivity index (χ2v) is 9.19. The van der Waals surface area contributed by atoms with Gasteiger partial charge in [0.15, 0.2) is 0 Å². The Labute approximate surface area is 168 Å². The van der Waals surface area contributed by atoms with Crippen molar-refractivity contribution in [2.24, 2.45) is 0 Å². The number of likely N-dealkylation sites (tertiary alicyclic amines) is 1. The van der Waals surface area contributed by atoms with Crippen LogP contribution in [-0.2, 0) is 16.4 Å². The number of hydrogen-bond donors (Lipinski definition) is 2. The molecule has 2 N–H and O–H groups in total. The van der Waals surface area contributed by atoms with Crippen LogP contribution in [0, 0.1) is 11.6 Å². The molecule has 0 radical (unpaired) electrons. The molecule has 1 atom stereocenters. The van der Waals surface area contributed by atoms with Gasteiger partial charge in [0, 0.05) is 29.7 Å². The van der Waals surface area contributed by atoms with E-state index in [4.69, 9.17) is 0 Å². The molecule has 0 saturated carbocycles. The number of aryl methyl sites for hydroxylation is 1. The SMILES string of the molecule is O=S(=O)(NC1CCN(CCCc2c[nH]c3ccc(F)cc23)C1)c1cccc(F)c1. The molecule has 29 heavy (non-hydrogen) atoms. The summed E-state index contributed by atoms with van der Waals surface area (Å²) in [7, 11) is -3.73. The van der Waals surface area contributed by atoms with Gasteiger partial charge < -0.3 is 9.88 Å². The summed E-state index contributed by atoms with van der Waals surface area (Å²) in [6.45, 7) is 2.26. The van der Waals surface area contributed by atoms with E-state index in [1.165, 1.54) is 24.3 Å². The van der Waals surface area contributed by atoms with Crippen molar-refractivity contribution >= 4 is 20.9 Å². The lowest BCUT2D eigenvalue weighted by Crippen LogP contribution is -2.37. The molecule has 8 heteroatoms. The lowest BCUT2D eigenvalue weighted by atomic mass is 10.1. The predicted octanol–water partition coefficient (Wildman–Crippen LogP) is 3.43. The number of halogens is 2. The lowest BCUT2D eigenvalue weighted by molar-refractivity contribution is 0.327. The number of sulfonamides is 1. The highest BCUT2D eigenvalue weighted by Gasteiger charge is 2.27. The number of aromatic amines is 1. The van der Waals surface area contributed by atoms with E-state index >= 15 is 0 Å².